The topological polar surface area (TPSA) is 81.1 Å². The van der Waals surface area contributed by atoms with Crippen molar-refractivity contribution < 1.29 is 19.1 Å². The molecule has 1 unspecified atom stereocenters. The predicted octanol–water partition coefficient (Wildman–Crippen LogP) is 4.28. The zero-order chi connectivity index (χ0) is 22.5. The number of carbonyl (C=O) groups is 2. The van der Waals surface area contributed by atoms with E-state index in [0.717, 1.165) is 22.6 Å². The molecule has 0 N–H and O–H groups in total. The fraction of sp³-hybridized carbons (Fsp3) is 0.167. The first kappa shape index (κ1) is 21.5. The molecule has 1 aliphatic heterocycles. The van der Waals surface area contributed by atoms with Gasteiger partial charge in [0.1, 0.15) is 10.9 Å². The van der Waals surface area contributed by atoms with E-state index in [0.29, 0.717) is 6.42 Å². The van der Waals surface area contributed by atoms with Crippen molar-refractivity contribution in [2.45, 2.75) is 12.5 Å². The van der Waals surface area contributed by atoms with Crippen molar-refractivity contribution in [1.82, 2.24) is 9.99 Å². The number of aromatic nitrogens is 1. The molecule has 1 amide bonds. The third-order valence-electron chi connectivity index (χ3n) is 5.06. The second kappa shape index (κ2) is 9.62. The Hall–Kier alpha value is -3.71. The van der Waals surface area contributed by atoms with Crippen LogP contribution in [-0.4, -0.2) is 41.3 Å². The smallest absolute Gasteiger partial charge is 0.338 e. The van der Waals surface area contributed by atoms with Crippen molar-refractivity contribution >= 4 is 29.2 Å². The molecule has 1 atom stereocenters. The zero-order valence-corrected chi connectivity index (χ0v) is 18.0. The number of ether oxygens (including phenoxy) is 2. The molecular formula is C24H20ClN3O4. The number of methoxy groups -OCH3 is 1. The van der Waals surface area contributed by atoms with Crippen molar-refractivity contribution in [1.29, 1.82) is 0 Å². The number of hydrogen-bond acceptors (Lipinski definition) is 6. The monoisotopic (exact) mass is 449 g/mol. The maximum Gasteiger partial charge on any atom is 0.338 e. The van der Waals surface area contributed by atoms with E-state index >= 15 is 0 Å². The van der Waals surface area contributed by atoms with Gasteiger partial charge in [-0.3, -0.25) is 4.79 Å². The SMILES string of the molecule is COc1ccc(C2CC(c3ccccc3)=NN2C(=O)COC(=O)c2ccnc(Cl)c2)cc1. The number of halogens is 1. The van der Waals surface area contributed by atoms with Gasteiger partial charge in [0, 0.05) is 12.6 Å². The minimum atomic E-state index is -0.657. The normalized spacial score (nSPS) is 15.2. The molecule has 4 rings (SSSR count). The summed E-state index contributed by atoms with van der Waals surface area (Å²) in [5.41, 5.74) is 2.84. The standard InChI is InChI=1S/C24H20ClN3O4/c1-31-19-9-7-17(8-10-19)21-14-20(16-5-3-2-4-6-16)27-28(21)23(29)15-32-24(30)18-11-12-26-22(25)13-18/h2-13,21H,14-15H2,1H3. The molecule has 162 valence electrons. The molecule has 1 aliphatic rings. The van der Waals surface area contributed by atoms with Crippen LogP contribution in [0.2, 0.25) is 5.15 Å². The van der Waals surface area contributed by atoms with Gasteiger partial charge in [-0.1, -0.05) is 54.1 Å². The van der Waals surface area contributed by atoms with Crippen LogP contribution in [0.1, 0.15) is 33.9 Å². The third kappa shape index (κ3) is 4.78. The van der Waals surface area contributed by atoms with E-state index in [1.54, 1.807) is 7.11 Å². The summed E-state index contributed by atoms with van der Waals surface area (Å²) in [6, 6.07) is 19.7. The molecule has 0 bridgehead atoms. The highest BCUT2D eigenvalue weighted by Gasteiger charge is 2.33. The van der Waals surface area contributed by atoms with E-state index in [1.807, 2.05) is 54.6 Å². The van der Waals surface area contributed by atoms with Crippen LogP contribution < -0.4 is 4.74 Å². The maximum atomic E-state index is 13.0. The zero-order valence-electron chi connectivity index (χ0n) is 17.3. The Labute approximate surface area is 190 Å². The van der Waals surface area contributed by atoms with Crippen LogP contribution in [0.4, 0.5) is 0 Å². The van der Waals surface area contributed by atoms with Crippen LogP contribution in [0.25, 0.3) is 0 Å². The summed E-state index contributed by atoms with van der Waals surface area (Å²) in [6.07, 6.45) is 1.94. The Morgan fingerprint density at radius 3 is 2.53 bits per heavy atom. The van der Waals surface area contributed by atoms with E-state index in [2.05, 4.69) is 10.1 Å². The molecule has 0 fully saturated rings. The number of rotatable bonds is 6. The number of hydrazone groups is 1. The van der Waals surface area contributed by atoms with E-state index < -0.39 is 18.5 Å². The highest BCUT2D eigenvalue weighted by Crippen LogP contribution is 2.33. The van der Waals surface area contributed by atoms with Gasteiger partial charge in [-0.25, -0.2) is 14.8 Å². The number of benzene rings is 2. The van der Waals surface area contributed by atoms with Gasteiger partial charge in [-0.05, 0) is 35.4 Å². The van der Waals surface area contributed by atoms with Gasteiger partial charge in [0.2, 0.25) is 0 Å². The second-order valence-corrected chi connectivity index (χ2v) is 7.47. The molecule has 1 aromatic heterocycles. The van der Waals surface area contributed by atoms with Crippen molar-refractivity contribution in [2.24, 2.45) is 5.10 Å². The van der Waals surface area contributed by atoms with Gasteiger partial charge >= 0.3 is 5.97 Å². The molecule has 0 aliphatic carbocycles. The van der Waals surface area contributed by atoms with E-state index in [-0.39, 0.29) is 16.8 Å². The Morgan fingerprint density at radius 2 is 1.84 bits per heavy atom. The molecular weight excluding hydrogens is 430 g/mol. The Balaban J connectivity index is 1.54. The summed E-state index contributed by atoms with van der Waals surface area (Å²) >= 11 is 5.82. The molecule has 2 heterocycles. The fourth-order valence-electron chi connectivity index (χ4n) is 3.44. The van der Waals surface area contributed by atoms with Gasteiger partial charge in [0.05, 0.1) is 24.4 Å². The minimum absolute atomic E-state index is 0.169. The molecule has 2 aromatic carbocycles. The van der Waals surface area contributed by atoms with Gasteiger partial charge < -0.3 is 9.47 Å². The minimum Gasteiger partial charge on any atom is -0.497 e. The quantitative estimate of drug-likeness (QED) is 0.414. The number of carbonyl (C=O) groups excluding carboxylic acids is 2. The van der Waals surface area contributed by atoms with Crippen LogP contribution in [0.15, 0.2) is 78.0 Å². The summed E-state index contributed by atoms with van der Waals surface area (Å²) in [7, 11) is 1.60. The van der Waals surface area contributed by atoms with E-state index in [9.17, 15) is 9.59 Å². The van der Waals surface area contributed by atoms with Crippen molar-refractivity contribution in [3.05, 3.63) is 94.8 Å². The molecule has 0 spiro atoms. The number of nitrogens with zero attached hydrogens (tertiary/aromatic N) is 3. The van der Waals surface area contributed by atoms with E-state index in [4.69, 9.17) is 21.1 Å². The van der Waals surface area contributed by atoms with Crippen LogP contribution in [-0.2, 0) is 9.53 Å². The van der Waals surface area contributed by atoms with Crippen LogP contribution in [0.3, 0.4) is 0 Å². The molecule has 8 heteroatoms. The first-order valence-corrected chi connectivity index (χ1v) is 10.3. The van der Waals surface area contributed by atoms with Gasteiger partial charge in [-0.2, -0.15) is 5.10 Å². The van der Waals surface area contributed by atoms with Gasteiger partial charge in [-0.15, -0.1) is 0 Å². The predicted molar refractivity (Wildman–Crippen MR) is 120 cm³/mol. The van der Waals surface area contributed by atoms with Gasteiger partial charge in [0.25, 0.3) is 5.91 Å². The Kier molecular flexibility index (Phi) is 6.47. The molecule has 0 saturated heterocycles. The summed E-state index contributed by atoms with van der Waals surface area (Å²) in [5.74, 6) is -0.362. The summed E-state index contributed by atoms with van der Waals surface area (Å²) in [6.45, 7) is -0.447. The number of hydrogen-bond donors (Lipinski definition) is 0. The average Bonchev–Trinajstić information content (AvgIpc) is 3.28. The van der Waals surface area contributed by atoms with Crippen LogP contribution in [0, 0.1) is 0 Å². The highest BCUT2D eigenvalue weighted by molar-refractivity contribution is 6.29. The first-order chi connectivity index (χ1) is 15.5. The first-order valence-electron chi connectivity index (χ1n) is 9.93. The number of pyridine rings is 1. The van der Waals surface area contributed by atoms with Gasteiger partial charge in [0.15, 0.2) is 6.61 Å². The number of esters is 1. The molecule has 0 radical (unpaired) electrons. The molecule has 7 nitrogen and oxygen atoms in total. The van der Waals surface area contributed by atoms with Crippen LogP contribution >= 0.6 is 11.6 Å². The van der Waals surface area contributed by atoms with E-state index in [1.165, 1.54) is 23.3 Å². The second-order valence-electron chi connectivity index (χ2n) is 7.09. The summed E-state index contributed by atoms with van der Waals surface area (Å²) in [5, 5.41) is 6.12. The van der Waals surface area contributed by atoms with Crippen molar-refractivity contribution in [3.63, 3.8) is 0 Å². The molecule has 3 aromatic rings. The molecule has 0 saturated carbocycles. The lowest BCUT2D eigenvalue weighted by atomic mass is 9.98. The fourth-order valence-corrected chi connectivity index (χ4v) is 3.61. The Bertz CT molecular complexity index is 1150. The maximum absolute atomic E-state index is 13.0. The van der Waals surface area contributed by atoms with Crippen LogP contribution in [0.5, 0.6) is 5.75 Å². The number of amides is 1. The molecule has 32 heavy (non-hydrogen) atoms. The highest BCUT2D eigenvalue weighted by atomic mass is 35.5. The lowest BCUT2D eigenvalue weighted by molar-refractivity contribution is -0.136. The van der Waals surface area contributed by atoms with Crippen molar-refractivity contribution in [2.75, 3.05) is 13.7 Å². The Morgan fingerprint density at radius 1 is 1.09 bits per heavy atom. The summed E-state index contributed by atoms with van der Waals surface area (Å²) < 4.78 is 10.4. The largest absolute Gasteiger partial charge is 0.497 e. The average molecular weight is 450 g/mol. The third-order valence-corrected chi connectivity index (χ3v) is 5.27. The summed E-state index contributed by atoms with van der Waals surface area (Å²) in [4.78, 5) is 29.1. The lowest BCUT2D eigenvalue weighted by Gasteiger charge is -2.22. The van der Waals surface area contributed by atoms with Crippen molar-refractivity contribution in [3.8, 4) is 5.75 Å². The lowest BCUT2D eigenvalue weighted by Crippen LogP contribution is -2.31.